The van der Waals surface area contributed by atoms with Gasteiger partial charge in [0.2, 0.25) is 0 Å². The van der Waals surface area contributed by atoms with Gasteiger partial charge in [0, 0.05) is 5.56 Å². The molecule has 0 spiro atoms. The number of benzene rings is 1. The molecule has 0 bridgehead atoms. The van der Waals surface area contributed by atoms with Crippen molar-refractivity contribution in [3.63, 3.8) is 0 Å². The Labute approximate surface area is 113 Å². The number of hydrogen-bond acceptors (Lipinski definition) is 4. The van der Waals surface area contributed by atoms with Gasteiger partial charge < -0.3 is 10.7 Å². The molecule has 0 atom stereocenters. The highest BCUT2D eigenvalue weighted by atomic mass is 32.1. The number of aromatic amines is 2. The van der Waals surface area contributed by atoms with Crippen molar-refractivity contribution in [2.45, 2.75) is 0 Å². The van der Waals surface area contributed by atoms with Crippen molar-refractivity contribution in [1.82, 2.24) is 15.2 Å². The lowest BCUT2D eigenvalue weighted by atomic mass is 9.99. The second kappa shape index (κ2) is 4.23. The first kappa shape index (κ1) is 11.4. The van der Waals surface area contributed by atoms with Gasteiger partial charge in [-0.2, -0.15) is 10.4 Å². The molecule has 2 aromatic heterocycles. The Balaban J connectivity index is 2.54. The van der Waals surface area contributed by atoms with Gasteiger partial charge in [-0.15, -0.1) is 0 Å². The van der Waals surface area contributed by atoms with E-state index in [1.54, 1.807) is 0 Å². The summed E-state index contributed by atoms with van der Waals surface area (Å²) in [4.78, 5) is 2.91. The molecule has 6 heteroatoms. The van der Waals surface area contributed by atoms with Crippen molar-refractivity contribution in [3.8, 4) is 17.2 Å². The minimum Gasteiger partial charge on any atom is -0.383 e. The van der Waals surface area contributed by atoms with Crippen molar-refractivity contribution in [2.75, 3.05) is 5.73 Å². The Bertz CT molecular complexity index is 854. The number of H-pyrrole nitrogens is 2. The summed E-state index contributed by atoms with van der Waals surface area (Å²) in [5.74, 6) is 0.414. The van der Waals surface area contributed by atoms with Gasteiger partial charge in [-0.3, -0.25) is 5.10 Å². The van der Waals surface area contributed by atoms with Crippen molar-refractivity contribution < 1.29 is 0 Å². The third kappa shape index (κ3) is 1.68. The molecule has 2 heterocycles. The lowest BCUT2D eigenvalue weighted by Crippen LogP contribution is -1.93. The Hall–Kier alpha value is -2.65. The van der Waals surface area contributed by atoms with Gasteiger partial charge in [0.1, 0.15) is 16.5 Å². The molecule has 3 rings (SSSR count). The molecule has 1 aromatic carbocycles. The van der Waals surface area contributed by atoms with Gasteiger partial charge in [-0.25, -0.2) is 0 Å². The molecule has 0 fully saturated rings. The van der Waals surface area contributed by atoms with E-state index in [1.165, 1.54) is 0 Å². The molecule has 0 aliphatic rings. The Morgan fingerprint density at radius 1 is 1.26 bits per heavy atom. The van der Waals surface area contributed by atoms with Gasteiger partial charge in [0.15, 0.2) is 5.65 Å². The highest BCUT2D eigenvalue weighted by Crippen LogP contribution is 2.33. The van der Waals surface area contributed by atoms with E-state index in [-0.39, 0.29) is 0 Å². The van der Waals surface area contributed by atoms with Gasteiger partial charge in [0.05, 0.1) is 10.9 Å². The maximum atomic E-state index is 9.34. The number of rotatable bonds is 1. The van der Waals surface area contributed by atoms with Crippen LogP contribution >= 0.6 is 12.2 Å². The molecule has 5 nitrogen and oxygen atoms in total. The number of nitrogens with two attached hydrogens (primary N) is 1. The normalized spacial score (nSPS) is 10.5. The van der Waals surface area contributed by atoms with Gasteiger partial charge in [-0.1, -0.05) is 42.5 Å². The van der Waals surface area contributed by atoms with Crippen LogP contribution in [0, 0.1) is 16.0 Å². The van der Waals surface area contributed by atoms with Gasteiger partial charge in [-0.05, 0) is 5.56 Å². The van der Waals surface area contributed by atoms with Crippen LogP contribution in [0.25, 0.3) is 22.2 Å². The van der Waals surface area contributed by atoms with E-state index in [0.717, 1.165) is 5.56 Å². The van der Waals surface area contributed by atoms with Crippen molar-refractivity contribution in [3.05, 3.63) is 40.5 Å². The number of nitriles is 1. The summed E-state index contributed by atoms with van der Waals surface area (Å²) in [5.41, 5.74) is 8.47. The summed E-state index contributed by atoms with van der Waals surface area (Å²) in [6.45, 7) is 0. The SMILES string of the molecule is N#Cc1c(-c2ccccc2)c2c(N)[nH]nc2[nH]c1=S. The lowest BCUT2D eigenvalue weighted by Gasteiger charge is -2.06. The number of fused-ring (bicyclic) bond motifs is 1. The molecule has 0 saturated heterocycles. The predicted molar refractivity (Wildman–Crippen MR) is 75.8 cm³/mol. The molecule has 3 aromatic rings. The zero-order valence-electron chi connectivity index (χ0n) is 9.77. The molecule has 92 valence electrons. The highest BCUT2D eigenvalue weighted by molar-refractivity contribution is 7.71. The molecular formula is C13H9N5S. The summed E-state index contributed by atoms with van der Waals surface area (Å²) < 4.78 is 0.361. The number of anilines is 1. The quantitative estimate of drug-likeness (QED) is 0.591. The zero-order chi connectivity index (χ0) is 13.4. The largest absolute Gasteiger partial charge is 0.383 e. The van der Waals surface area contributed by atoms with Crippen LogP contribution in [-0.2, 0) is 0 Å². The van der Waals surface area contributed by atoms with Crippen molar-refractivity contribution in [1.29, 1.82) is 5.26 Å². The number of hydrogen-bond donors (Lipinski definition) is 3. The van der Waals surface area contributed by atoms with E-state index in [4.69, 9.17) is 18.0 Å². The number of aromatic nitrogens is 3. The first-order valence-electron chi connectivity index (χ1n) is 5.57. The standard InChI is InChI=1S/C13H9N5S/c14-6-8-9(7-4-2-1-3-5-7)10-11(15)17-18-12(10)16-13(8)19/h1-5H,(H4,15,16,17,18,19). The van der Waals surface area contributed by atoms with Crippen LogP contribution < -0.4 is 5.73 Å². The molecule has 0 amide bonds. The van der Waals surface area contributed by atoms with E-state index in [0.29, 0.717) is 32.6 Å². The number of pyridine rings is 1. The molecule has 0 aliphatic heterocycles. The van der Waals surface area contributed by atoms with Crippen molar-refractivity contribution >= 4 is 29.1 Å². The summed E-state index contributed by atoms with van der Waals surface area (Å²) in [6.07, 6.45) is 0. The Kier molecular flexibility index (Phi) is 2.54. The van der Waals surface area contributed by atoms with Crippen LogP contribution in [0.1, 0.15) is 5.56 Å². The van der Waals surface area contributed by atoms with Crippen molar-refractivity contribution in [2.24, 2.45) is 0 Å². The molecule has 4 N–H and O–H groups in total. The molecule has 0 saturated carbocycles. The predicted octanol–water partition coefficient (Wildman–Crippen LogP) is 2.74. The summed E-state index contributed by atoms with van der Waals surface area (Å²) in [6, 6.07) is 11.7. The number of nitrogens with one attached hydrogen (secondary N) is 2. The maximum Gasteiger partial charge on any atom is 0.163 e. The average molecular weight is 267 g/mol. The minimum atomic E-state index is 0.361. The van der Waals surface area contributed by atoms with Gasteiger partial charge in [0.25, 0.3) is 0 Å². The van der Waals surface area contributed by atoms with Crippen LogP contribution in [0.15, 0.2) is 30.3 Å². The van der Waals surface area contributed by atoms with E-state index in [1.807, 2.05) is 30.3 Å². The van der Waals surface area contributed by atoms with E-state index >= 15 is 0 Å². The van der Waals surface area contributed by atoms with Crippen LogP contribution in [0.3, 0.4) is 0 Å². The third-order valence-electron chi connectivity index (χ3n) is 2.93. The smallest absolute Gasteiger partial charge is 0.163 e. The molecule has 0 aliphatic carbocycles. The third-order valence-corrected chi connectivity index (χ3v) is 3.23. The fourth-order valence-electron chi connectivity index (χ4n) is 2.11. The van der Waals surface area contributed by atoms with E-state index in [9.17, 15) is 5.26 Å². The van der Waals surface area contributed by atoms with E-state index in [2.05, 4.69) is 21.3 Å². The summed E-state index contributed by atoms with van der Waals surface area (Å²) in [7, 11) is 0. The topological polar surface area (TPSA) is 94.3 Å². The number of nitrogen functional groups attached to an aromatic ring is 1. The van der Waals surface area contributed by atoms with Crippen LogP contribution in [-0.4, -0.2) is 15.2 Å². The minimum absolute atomic E-state index is 0.361. The first-order chi connectivity index (χ1) is 9.22. The molecular weight excluding hydrogens is 258 g/mol. The van der Waals surface area contributed by atoms with Crippen LogP contribution in [0.2, 0.25) is 0 Å². The van der Waals surface area contributed by atoms with E-state index < -0.39 is 0 Å². The summed E-state index contributed by atoms with van der Waals surface area (Å²) in [5, 5.41) is 16.8. The molecule has 0 unspecified atom stereocenters. The maximum absolute atomic E-state index is 9.34. The Morgan fingerprint density at radius 2 is 2.00 bits per heavy atom. The Morgan fingerprint density at radius 3 is 2.68 bits per heavy atom. The van der Waals surface area contributed by atoms with Crippen LogP contribution in [0.4, 0.5) is 5.82 Å². The fraction of sp³-hybridized carbons (Fsp3) is 0. The van der Waals surface area contributed by atoms with Gasteiger partial charge >= 0.3 is 0 Å². The second-order valence-electron chi connectivity index (χ2n) is 4.04. The lowest BCUT2D eigenvalue weighted by molar-refractivity contribution is 1.10. The molecule has 0 radical (unpaired) electrons. The fourth-order valence-corrected chi connectivity index (χ4v) is 2.35. The van der Waals surface area contributed by atoms with Crippen LogP contribution in [0.5, 0.6) is 0 Å². The number of nitrogens with zero attached hydrogens (tertiary/aromatic N) is 2. The molecule has 19 heavy (non-hydrogen) atoms. The summed E-state index contributed by atoms with van der Waals surface area (Å²) >= 11 is 5.20. The second-order valence-corrected chi connectivity index (χ2v) is 4.45. The average Bonchev–Trinajstić information content (AvgIpc) is 2.79. The monoisotopic (exact) mass is 267 g/mol. The zero-order valence-corrected chi connectivity index (χ0v) is 10.6. The highest BCUT2D eigenvalue weighted by Gasteiger charge is 2.16. The first-order valence-corrected chi connectivity index (χ1v) is 5.98.